The molecular weight excluding hydrogens is 340 g/mol. The minimum atomic E-state index is -0.0806. The third kappa shape index (κ3) is 3.81. The molecule has 4 rings (SSSR count). The first-order chi connectivity index (χ1) is 13.2. The number of amides is 1. The smallest absolute Gasteiger partial charge is 0.329 e. The van der Waals surface area contributed by atoms with E-state index in [1.165, 1.54) is 32.1 Å². The topological polar surface area (TPSA) is 68.1 Å². The van der Waals surface area contributed by atoms with Gasteiger partial charge in [-0.05, 0) is 56.8 Å². The van der Waals surface area contributed by atoms with Crippen molar-refractivity contribution >= 4 is 16.9 Å². The van der Waals surface area contributed by atoms with Crippen LogP contribution >= 0.6 is 0 Å². The van der Waals surface area contributed by atoms with Crippen LogP contribution in [-0.2, 0) is 6.54 Å². The number of fused-ring (bicyclic) bond motifs is 1. The number of aromatic nitrogens is 2. The Kier molecular flexibility index (Phi) is 5.34. The Bertz CT molecular complexity index is 872. The molecule has 6 nitrogen and oxygen atoms in total. The molecule has 0 bridgehead atoms. The van der Waals surface area contributed by atoms with Crippen molar-refractivity contribution in [3.63, 3.8) is 0 Å². The number of carbonyl (C=O) groups is 1. The van der Waals surface area contributed by atoms with Gasteiger partial charge in [0.2, 0.25) is 0 Å². The standard InChI is InChI=1S/C21H30N4O2/c1-22-11-12-23-20(26)16-9-10-18-19(13-16)24(14-15-7-8-15)21(27)25(18)17-5-3-2-4-6-17/h9-10,13,15,17,22H,2-8,11-12,14H2,1H3,(H,23,26). The molecule has 2 saturated carbocycles. The molecule has 146 valence electrons. The van der Waals surface area contributed by atoms with Gasteiger partial charge in [-0.25, -0.2) is 4.79 Å². The highest BCUT2D eigenvalue weighted by molar-refractivity contribution is 5.97. The van der Waals surface area contributed by atoms with Crippen molar-refractivity contribution in [3.8, 4) is 0 Å². The minimum absolute atomic E-state index is 0.0806. The highest BCUT2D eigenvalue weighted by atomic mass is 16.2. The quantitative estimate of drug-likeness (QED) is 0.737. The van der Waals surface area contributed by atoms with Crippen LogP contribution in [0.1, 0.15) is 61.3 Å². The fourth-order valence-electron chi connectivity index (χ4n) is 4.25. The maximum atomic E-state index is 13.3. The molecule has 1 aromatic carbocycles. The van der Waals surface area contributed by atoms with Crippen molar-refractivity contribution < 1.29 is 4.79 Å². The summed E-state index contributed by atoms with van der Waals surface area (Å²) in [7, 11) is 1.86. The number of hydrogen-bond acceptors (Lipinski definition) is 3. The SMILES string of the molecule is CNCCNC(=O)c1ccc2c(c1)n(CC1CC1)c(=O)n2C1CCCCC1. The molecule has 27 heavy (non-hydrogen) atoms. The van der Waals surface area contributed by atoms with Gasteiger partial charge in [-0.2, -0.15) is 0 Å². The molecule has 0 radical (unpaired) electrons. The van der Waals surface area contributed by atoms with Gasteiger partial charge < -0.3 is 10.6 Å². The normalized spacial score (nSPS) is 18.1. The molecule has 2 fully saturated rings. The Labute approximate surface area is 159 Å². The summed E-state index contributed by atoms with van der Waals surface area (Å²) in [5, 5.41) is 5.95. The number of nitrogens with zero attached hydrogens (tertiary/aromatic N) is 2. The fraction of sp³-hybridized carbons (Fsp3) is 0.619. The van der Waals surface area contributed by atoms with Gasteiger partial charge in [0.25, 0.3) is 5.91 Å². The van der Waals surface area contributed by atoms with E-state index in [-0.39, 0.29) is 11.6 Å². The van der Waals surface area contributed by atoms with E-state index in [2.05, 4.69) is 10.6 Å². The van der Waals surface area contributed by atoms with Crippen LogP contribution in [-0.4, -0.2) is 35.2 Å². The predicted molar refractivity (Wildman–Crippen MR) is 107 cm³/mol. The summed E-state index contributed by atoms with van der Waals surface area (Å²) in [5.41, 5.74) is 2.64. The van der Waals surface area contributed by atoms with E-state index >= 15 is 0 Å². The highest BCUT2D eigenvalue weighted by Gasteiger charge is 2.27. The van der Waals surface area contributed by atoms with Crippen molar-refractivity contribution in [3.05, 3.63) is 34.2 Å². The summed E-state index contributed by atoms with van der Waals surface area (Å²) in [5.74, 6) is 0.532. The van der Waals surface area contributed by atoms with Crippen LogP contribution in [0.25, 0.3) is 11.0 Å². The number of rotatable bonds is 7. The van der Waals surface area contributed by atoms with Crippen molar-refractivity contribution in [2.24, 2.45) is 5.92 Å². The molecule has 1 aromatic heterocycles. The number of imidazole rings is 1. The summed E-state index contributed by atoms with van der Waals surface area (Å²) in [4.78, 5) is 25.7. The summed E-state index contributed by atoms with van der Waals surface area (Å²) < 4.78 is 3.94. The average molecular weight is 370 g/mol. The summed E-state index contributed by atoms with van der Waals surface area (Å²) in [6.45, 7) is 2.10. The van der Waals surface area contributed by atoms with Gasteiger partial charge in [0.15, 0.2) is 0 Å². The van der Waals surface area contributed by atoms with E-state index < -0.39 is 0 Å². The second-order valence-electron chi connectivity index (χ2n) is 8.06. The number of benzene rings is 1. The maximum absolute atomic E-state index is 13.3. The van der Waals surface area contributed by atoms with Crippen molar-refractivity contribution in [2.75, 3.05) is 20.1 Å². The monoisotopic (exact) mass is 370 g/mol. The van der Waals surface area contributed by atoms with Gasteiger partial charge in [0.05, 0.1) is 11.0 Å². The van der Waals surface area contributed by atoms with Crippen LogP contribution in [0, 0.1) is 5.92 Å². The number of carbonyl (C=O) groups excluding carboxylic acids is 1. The molecule has 1 heterocycles. The highest BCUT2D eigenvalue weighted by Crippen LogP contribution is 2.33. The van der Waals surface area contributed by atoms with Gasteiger partial charge in [0, 0.05) is 31.2 Å². The van der Waals surface area contributed by atoms with Crippen LogP contribution in [0.15, 0.2) is 23.0 Å². The summed E-state index contributed by atoms with van der Waals surface area (Å²) in [6.07, 6.45) is 8.21. The molecule has 2 N–H and O–H groups in total. The lowest BCUT2D eigenvalue weighted by atomic mass is 9.95. The second kappa shape index (κ2) is 7.89. The number of hydrogen-bond donors (Lipinski definition) is 2. The first-order valence-electron chi connectivity index (χ1n) is 10.4. The lowest BCUT2D eigenvalue weighted by Crippen LogP contribution is -2.30. The Morgan fingerprint density at radius 2 is 1.85 bits per heavy atom. The van der Waals surface area contributed by atoms with Crippen LogP contribution in [0.3, 0.4) is 0 Å². The molecule has 0 unspecified atom stereocenters. The molecule has 1 amide bonds. The molecule has 2 aromatic rings. The molecule has 0 spiro atoms. The third-order valence-electron chi connectivity index (χ3n) is 5.96. The summed E-state index contributed by atoms with van der Waals surface area (Å²) in [6, 6.07) is 6.04. The van der Waals surface area contributed by atoms with Crippen LogP contribution in [0.2, 0.25) is 0 Å². The van der Waals surface area contributed by atoms with Gasteiger partial charge in [-0.3, -0.25) is 13.9 Å². The predicted octanol–water partition coefficient (Wildman–Crippen LogP) is 2.67. The summed E-state index contributed by atoms with van der Waals surface area (Å²) >= 11 is 0. The molecule has 2 aliphatic rings. The average Bonchev–Trinajstić information content (AvgIpc) is 3.47. The Hall–Kier alpha value is -2.08. The largest absolute Gasteiger partial charge is 0.351 e. The first-order valence-corrected chi connectivity index (χ1v) is 10.4. The molecule has 0 atom stereocenters. The fourth-order valence-corrected chi connectivity index (χ4v) is 4.25. The molecule has 0 saturated heterocycles. The minimum Gasteiger partial charge on any atom is -0.351 e. The molecule has 6 heteroatoms. The maximum Gasteiger partial charge on any atom is 0.329 e. The van der Waals surface area contributed by atoms with Gasteiger partial charge in [-0.1, -0.05) is 19.3 Å². The van der Waals surface area contributed by atoms with E-state index in [4.69, 9.17) is 0 Å². The Morgan fingerprint density at radius 1 is 1.07 bits per heavy atom. The Balaban J connectivity index is 1.72. The lowest BCUT2D eigenvalue weighted by molar-refractivity contribution is 0.0954. The van der Waals surface area contributed by atoms with Crippen LogP contribution in [0.5, 0.6) is 0 Å². The van der Waals surface area contributed by atoms with Crippen LogP contribution < -0.4 is 16.3 Å². The molecule has 0 aliphatic heterocycles. The van der Waals surface area contributed by atoms with E-state index in [1.807, 2.05) is 34.4 Å². The zero-order valence-electron chi connectivity index (χ0n) is 16.2. The van der Waals surface area contributed by atoms with E-state index in [0.29, 0.717) is 24.1 Å². The van der Waals surface area contributed by atoms with Crippen LogP contribution in [0.4, 0.5) is 0 Å². The van der Waals surface area contributed by atoms with Crippen molar-refractivity contribution in [2.45, 2.75) is 57.5 Å². The van der Waals surface area contributed by atoms with E-state index in [9.17, 15) is 9.59 Å². The van der Waals surface area contributed by atoms with Gasteiger partial charge in [0.1, 0.15) is 0 Å². The van der Waals surface area contributed by atoms with Crippen molar-refractivity contribution in [1.29, 1.82) is 0 Å². The Morgan fingerprint density at radius 3 is 2.56 bits per heavy atom. The van der Waals surface area contributed by atoms with Gasteiger partial charge >= 0.3 is 5.69 Å². The molecule has 2 aliphatic carbocycles. The lowest BCUT2D eigenvalue weighted by Gasteiger charge is -2.23. The third-order valence-corrected chi connectivity index (χ3v) is 5.96. The second-order valence-corrected chi connectivity index (χ2v) is 8.06. The first kappa shape index (κ1) is 18.3. The van der Waals surface area contributed by atoms with E-state index in [0.717, 1.165) is 37.0 Å². The zero-order chi connectivity index (χ0) is 18.8. The van der Waals surface area contributed by atoms with E-state index in [1.54, 1.807) is 0 Å². The van der Waals surface area contributed by atoms with Crippen molar-refractivity contribution in [1.82, 2.24) is 19.8 Å². The zero-order valence-corrected chi connectivity index (χ0v) is 16.2. The number of nitrogens with one attached hydrogen (secondary N) is 2. The van der Waals surface area contributed by atoms with Gasteiger partial charge in [-0.15, -0.1) is 0 Å². The number of likely N-dealkylation sites (N-methyl/N-ethyl adjacent to an activating group) is 1. The molecular formula is C21H30N4O2.